The van der Waals surface area contributed by atoms with Gasteiger partial charge in [-0.25, -0.2) is 9.59 Å². The number of aromatic nitrogens is 2. The van der Waals surface area contributed by atoms with Gasteiger partial charge in [0.15, 0.2) is 0 Å². The van der Waals surface area contributed by atoms with E-state index in [1.807, 2.05) is 6.07 Å². The van der Waals surface area contributed by atoms with Gasteiger partial charge in [0, 0.05) is 36.4 Å². The van der Waals surface area contributed by atoms with Crippen LogP contribution in [-0.4, -0.2) is 46.3 Å². The van der Waals surface area contributed by atoms with Crippen molar-refractivity contribution in [3.63, 3.8) is 0 Å². The summed E-state index contributed by atoms with van der Waals surface area (Å²) in [5.74, 6) is 0.0692. The Bertz CT molecular complexity index is 816. The molecule has 0 saturated carbocycles. The number of anilines is 1. The third kappa shape index (κ3) is 3.03. The highest BCUT2D eigenvalue weighted by Gasteiger charge is 2.29. The average Bonchev–Trinajstić information content (AvgIpc) is 3.35. The van der Waals surface area contributed by atoms with Gasteiger partial charge in [0.1, 0.15) is 11.5 Å². The van der Waals surface area contributed by atoms with E-state index in [9.17, 15) is 14.7 Å². The first-order valence-corrected chi connectivity index (χ1v) is 8.24. The number of nitrogens with one attached hydrogen (secondary N) is 1. The van der Waals surface area contributed by atoms with Crippen molar-refractivity contribution in [2.45, 2.75) is 25.5 Å². The summed E-state index contributed by atoms with van der Waals surface area (Å²) >= 11 is 0. The van der Waals surface area contributed by atoms with Crippen molar-refractivity contribution in [1.82, 2.24) is 9.78 Å². The highest BCUT2D eigenvalue weighted by molar-refractivity contribution is 5.91. The molecule has 0 bridgehead atoms. The predicted octanol–water partition coefficient (Wildman–Crippen LogP) is 1.45. The maximum atomic E-state index is 12.3. The molecule has 3 heterocycles. The lowest BCUT2D eigenvalue weighted by Crippen LogP contribution is -2.33. The lowest BCUT2D eigenvalue weighted by molar-refractivity contribution is -0.147. The fourth-order valence-electron chi connectivity index (χ4n) is 3.12. The minimum Gasteiger partial charge on any atom is -0.493 e. The summed E-state index contributed by atoms with van der Waals surface area (Å²) < 4.78 is 17.7. The van der Waals surface area contributed by atoms with E-state index in [2.05, 4.69) is 10.4 Å². The summed E-state index contributed by atoms with van der Waals surface area (Å²) in [6, 6.07) is 3.59. The molecule has 26 heavy (non-hydrogen) atoms. The molecule has 0 saturated heterocycles. The van der Waals surface area contributed by atoms with Crippen molar-refractivity contribution < 1.29 is 28.9 Å². The molecule has 1 amide bonds. The van der Waals surface area contributed by atoms with Gasteiger partial charge in [-0.05, 0) is 12.1 Å². The van der Waals surface area contributed by atoms with E-state index < -0.39 is 18.2 Å². The lowest BCUT2D eigenvalue weighted by atomic mass is 10.0. The Labute approximate surface area is 148 Å². The van der Waals surface area contributed by atoms with Crippen molar-refractivity contribution in [3.05, 3.63) is 35.7 Å². The third-order valence-corrected chi connectivity index (χ3v) is 4.31. The Morgan fingerprint density at radius 1 is 1.35 bits per heavy atom. The number of benzene rings is 1. The van der Waals surface area contributed by atoms with Crippen LogP contribution in [0.1, 0.15) is 11.1 Å². The van der Waals surface area contributed by atoms with Crippen molar-refractivity contribution in [1.29, 1.82) is 0 Å². The van der Waals surface area contributed by atoms with E-state index in [1.54, 1.807) is 12.3 Å². The lowest BCUT2D eigenvalue weighted by Gasteiger charge is -2.17. The van der Waals surface area contributed by atoms with E-state index in [-0.39, 0.29) is 6.54 Å². The molecule has 0 fully saturated rings. The summed E-state index contributed by atoms with van der Waals surface area (Å²) in [5.41, 5.74) is 2.29. The topological polar surface area (TPSA) is 112 Å². The number of amides is 1. The zero-order chi connectivity index (χ0) is 18.1. The number of ether oxygens (including phenoxy) is 3. The molecular weight excluding hydrogens is 342 g/mol. The minimum absolute atomic E-state index is 0.0830. The van der Waals surface area contributed by atoms with Crippen molar-refractivity contribution >= 4 is 17.7 Å². The number of carboxylic acid groups (broad SMARTS) is 1. The van der Waals surface area contributed by atoms with E-state index in [0.717, 1.165) is 23.3 Å². The van der Waals surface area contributed by atoms with Crippen molar-refractivity contribution in [2.75, 3.05) is 18.5 Å². The molecule has 1 atom stereocenters. The molecule has 9 nitrogen and oxygen atoms in total. The molecule has 0 radical (unpaired) electrons. The molecule has 4 rings (SSSR count). The Morgan fingerprint density at radius 3 is 2.96 bits per heavy atom. The molecule has 2 aliphatic heterocycles. The van der Waals surface area contributed by atoms with E-state index in [4.69, 9.17) is 14.2 Å². The molecule has 2 aromatic rings. The van der Waals surface area contributed by atoms with Gasteiger partial charge in [-0.3, -0.25) is 10.00 Å². The molecule has 1 unspecified atom stereocenters. The summed E-state index contributed by atoms with van der Waals surface area (Å²) in [6.07, 6.45) is 2.26. The Hall–Kier alpha value is -3.23. The Morgan fingerprint density at radius 2 is 2.19 bits per heavy atom. The Kier molecular flexibility index (Phi) is 4.11. The number of carboxylic acids is 1. The molecular formula is C17H17N3O6. The number of carbonyl (C=O) groups is 2. The van der Waals surface area contributed by atoms with E-state index in [0.29, 0.717) is 31.1 Å². The van der Waals surface area contributed by atoms with Gasteiger partial charge in [0.05, 0.1) is 25.4 Å². The predicted molar refractivity (Wildman–Crippen MR) is 88.6 cm³/mol. The normalized spacial score (nSPS) is 15.4. The first-order chi connectivity index (χ1) is 12.6. The van der Waals surface area contributed by atoms with Gasteiger partial charge in [0.2, 0.25) is 6.10 Å². The summed E-state index contributed by atoms with van der Waals surface area (Å²) in [4.78, 5) is 23.7. The quantitative estimate of drug-likeness (QED) is 0.831. The monoisotopic (exact) mass is 359 g/mol. The number of rotatable bonds is 5. The zero-order valence-corrected chi connectivity index (χ0v) is 13.8. The van der Waals surface area contributed by atoms with Gasteiger partial charge in [-0.15, -0.1) is 0 Å². The smallest absolute Gasteiger partial charge is 0.412 e. The van der Waals surface area contributed by atoms with Crippen LogP contribution in [0, 0.1) is 0 Å². The Balaban J connectivity index is 1.52. The summed E-state index contributed by atoms with van der Waals surface area (Å²) in [5, 5.41) is 15.9. The van der Waals surface area contributed by atoms with Crippen molar-refractivity contribution in [3.8, 4) is 11.5 Å². The number of hydrogen-bond donors (Lipinski definition) is 2. The summed E-state index contributed by atoms with van der Waals surface area (Å²) in [7, 11) is 0. The second-order valence-electron chi connectivity index (χ2n) is 6.00. The molecule has 136 valence electrons. The minimum atomic E-state index is -1.36. The van der Waals surface area contributed by atoms with Crippen molar-refractivity contribution in [2.24, 2.45) is 0 Å². The molecule has 1 aromatic carbocycles. The standard InChI is InChI=1S/C17H17N3O6/c21-16(22)13(9-20-5-1-4-18-20)26-17(23)19-14-11-3-7-24-12(11)8-10-2-6-25-15(10)14/h1,4-5,8,13H,2-3,6-7,9H2,(H,19,23)(H,21,22). The van der Waals surface area contributed by atoms with E-state index in [1.165, 1.54) is 10.9 Å². The molecule has 2 N–H and O–H groups in total. The number of fused-ring (bicyclic) bond motifs is 2. The fourth-order valence-corrected chi connectivity index (χ4v) is 3.12. The van der Waals surface area contributed by atoms with Gasteiger partial charge >= 0.3 is 12.1 Å². The maximum Gasteiger partial charge on any atom is 0.412 e. The largest absolute Gasteiger partial charge is 0.493 e. The maximum absolute atomic E-state index is 12.3. The first-order valence-electron chi connectivity index (χ1n) is 8.24. The second kappa shape index (κ2) is 6.58. The molecule has 9 heteroatoms. The number of hydrogen-bond acceptors (Lipinski definition) is 6. The van der Waals surface area contributed by atoms with Crippen LogP contribution in [0.3, 0.4) is 0 Å². The average molecular weight is 359 g/mol. The van der Waals surface area contributed by atoms with Gasteiger partial charge in [0.25, 0.3) is 0 Å². The van der Waals surface area contributed by atoms with Crippen LogP contribution < -0.4 is 14.8 Å². The molecule has 0 aliphatic carbocycles. The molecule has 0 spiro atoms. The zero-order valence-electron chi connectivity index (χ0n) is 13.8. The van der Waals surface area contributed by atoms with Crippen LogP contribution in [-0.2, 0) is 28.9 Å². The van der Waals surface area contributed by atoms with Crippen LogP contribution in [0.15, 0.2) is 24.5 Å². The van der Waals surface area contributed by atoms with Gasteiger partial charge < -0.3 is 19.3 Å². The first kappa shape index (κ1) is 16.2. The third-order valence-electron chi connectivity index (χ3n) is 4.31. The van der Waals surface area contributed by atoms with Gasteiger partial charge in [-0.1, -0.05) is 0 Å². The summed E-state index contributed by atoms with van der Waals surface area (Å²) in [6.45, 7) is 0.971. The second-order valence-corrected chi connectivity index (χ2v) is 6.00. The van der Waals surface area contributed by atoms with Crippen LogP contribution in [0.5, 0.6) is 11.5 Å². The van der Waals surface area contributed by atoms with Crippen LogP contribution in [0.4, 0.5) is 10.5 Å². The molecule has 1 aromatic heterocycles. The number of nitrogens with zero attached hydrogens (tertiary/aromatic N) is 2. The fraction of sp³-hybridized carbons (Fsp3) is 0.353. The number of carbonyl (C=O) groups excluding carboxylic acids is 1. The van der Waals surface area contributed by atoms with Crippen LogP contribution in [0.25, 0.3) is 0 Å². The molecule has 2 aliphatic rings. The van der Waals surface area contributed by atoms with Gasteiger partial charge in [-0.2, -0.15) is 5.10 Å². The SMILES string of the molecule is O=C(Nc1c2c(cc3c1OCC3)OCC2)OC(Cn1cccn1)C(=O)O. The van der Waals surface area contributed by atoms with Crippen LogP contribution in [0.2, 0.25) is 0 Å². The highest BCUT2D eigenvalue weighted by Crippen LogP contribution is 2.44. The highest BCUT2D eigenvalue weighted by atomic mass is 16.6. The van der Waals surface area contributed by atoms with E-state index >= 15 is 0 Å². The number of aliphatic carboxylic acids is 1. The van der Waals surface area contributed by atoms with Crippen LogP contribution >= 0.6 is 0 Å².